The molecule has 0 radical (unpaired) electrons. The van der Waals surface area contributed by atoms with E-state index in [4.69, 9.17) is 26.8 Å². The molecule has 0 fully saturated rings. The third-order valence-electron chi connectivity index (χ3n) is 3.11. The molecule has 0 aliphatic heterocycles. The Bertz CT molecular complexity index is 632. The van der Waals surface area contributed by atoms with Crippen LogP contribution in [0.1, 0.15) is 24.1 Å². The minimum Gasteiger partial charge on any atom is -0.493 e. The van der Waals surface area contributed by atoms with Gasteiger partial charge in [0.1, 0.15) is 12.4 Å². The van der Waals surface area contributed by atoms with E-state index in [0.717, 1.165) is 5.56 Å². The van der Waals surface area contributed by atoms with Crippen LogP contribution in [0.3, 0.4) is 0 Å². The Balaban J connectivity index is 2.16. The first-order valence-electron chi connectivity index (χ1n) is 6.51. The van der Waals surface area contributed by atoms with E-state index in [1.165, 1.54) is 12.1 Å². The number of nitrogens with two attached hydrogens (primary N) is 1. The molecule has 2 aromatic carbocycles. The molecule has 3 nitrogen and oxygen atoms in total. The molecule has 0 aliphatic rings. The summed E-state index contributed by atoms with van der Waals surface area (Å²) in [6, 6.07) is 9.65. The summed E-state index contributed by atoms with van der Waals surface area (Å²) in [4.78, 5) is 0. The van der Waals surface area contributed by atoms with Gasteiger partial charge in [-0.3, -0.25) is 0 Å². The minimum absolute atomic E-state index is 0.0838. The molecule has 112 valence electrons. The van der Waals surface area contributed by atoms with Crippen molar-refractivity contribution in [2.75, 3.05) is 7.11 Å². The van der Waals surface area contributed by atoms with Crippen molar-refractivity contribution in [3.63, 3.8) is 0 Å². The topological polar surface area (TPSA) is 44.5 Å². The Morgan fingerprint density at radius 2 is 1.95 bits per heavy atom. The first-order chi connectivity index (χ1) is 10.0. The molecule has 0 heterocycles. The largest absolute Gasteiger partial charge is 0.493 e. The lowest BCUT2D eigenvalue weighted by atomic mass is 10.1. The Kier molecular flexibility index (Phi) is 5.04. The van der Waals surface area contributed by atoms with E-state index in [1.807, 2.05) is 19.1 Å². The van der Waals surface area contributed by atoms with Gasteiger partial charge >= 0.3 is 0 Å². The van der Waals surface area contributed by atoms with Gasteiger partial charge in [-0.05, 0) is 36.8 Å². The maximum Gasteiger partial charge on any atom is 0.161 e. The molecule has 0 amide bonds. The SMILES string of the molecule is COc1cc(C(C)N)ccc1OCc1ccc(F)cc1Cl. The fourth-order valence-electron chi connectivity index (χ4n) is 1.88. The molecule has 0 aromatic heterocycles. The summed E-state index contributed by atoms with van der Waals surface area (Å²) in [5, 5.41) is 0.334. The third-order valence-corrected chi connectivity index (χ3v) is 3.46. The lowest BCUT2D eigenvalue weighted by molar-refractivity contribution is 0.284. The third kappa shape index (κ3) is 3.86. The van der Waals surface area contributed by atoms with Gasteiger partial charge in [0.15, 0.2) is 11.5 Å². The van der Waals surface area contributed by atoms with Crippen molar-refractivity contribution < 1.29 is 13.9 Å². The van der Waals surface area contributed by atoms with E-state index in [1.54, 1.807) is 19.2 Å². The number of hydrogen-bond donors (Lipinski definition) is 1. The van der Waals surface area contributed by atoms with Crippen molar-refractivity contribution in [1.82, 2.24) is 0 Å². The van der Waals surface area contributed by atoms with E-state index in [2.05, 4.69) is 0 Å². The predicted molar refractivity (Wildman–Crippen MR) is 81.3 cm³/mol. The van der Waals surface area contributed by atoms with Gasteiger partial charge in [0.2, 0.25) is 0 Å². The van der Waals surface area contributed by atoms with Gasteiger partial charge in [-0.25, -0.2) is 4.39 Å². The summed E-state index contributed by atoms with van der Waals surface area (Å²) < 4.78 is 24.0. The Labute approximate surface area is 128 Å². The van der Waals surface area contributed by atoms with Gasteiger partial charge in [-0.1, -0.05) is 23.7 Å². The lowest BCUT2D eigenvalue weighted by Gasteiger charge is -2.14. The number of ether oxygens (including phenoxy) is 2. The second kappa shape index (κ2) is 6.78. The van der Waals surface area contributed by atoms with E-state index < -0.39 is 0 Å². The van der Waals surface area contributed by atoms with Crippen LogP contribution >= 0.6 is 11.6 Å². The molecule has 1 unspecified atom stereocenters. The van der Waals surface area contributed by atoms with Crippen LogP contribution in [0.15, 0.2) is 36.4 Å². The minimum atomic E-state index is -0.373. The smallest absolute Gasteiger partial charge is 0.161 e. The maximum atomic E-state index is 13.0. The molecule has 21 heavy (non-hydrogen) atoms. The standard InChI is InChI=1S/C16H17ClFNO2/c1-10(19)11-4-6-15(16(7-11)20-2)21-9-12-3-5-13(18)8-14(12)17/h3-8,10H,9,19H2,1-2H3. The number of methoxy groups -OCH3 is 1. The molecule has 0 aliphatic carbocycles. The van der Waals surface area contributed by atoms with Crippen molar-refractivity contribution in [3.05, 3.63) is 58.4 Å². The maximum absolute atomic E-state index is 13.0. The van der Waals surface area contributed by atoms with Gasteiger partial charge in [0.25, 0.3) is 0 Å². The molecule has 2 aromatic rings. The summed E-state index contributed by atoms with van der Waals surface area (Å²) in [5.41, 5.74) is 7.50. The first-order valence-corrected chi connectivity index (χ1v) is 6.89. The zero-order valence-electron chi connectivity index (χ0n) is 11.9. The highest BCUT2D eigenvalue weighted by atomic mass is 35.5. The fraction of sp³-hybridized carbons (Fsp3) is 0.250. The van der Waals surface area contributed by atoms with Crippen LogP contribution in [-0.4, -0.2) is 7.11 Å². The number of rotatable bonds is 5. The second-order valence-corrected chi connectivity index (χ2v) is 5.13. The molecule has 2 rings (SSSR count). The summed E-state index contributed by atoms with van der Waals surface area (Å²) in [5.74, 6) is 0.813. The molecule has 5 heteroatoms. The van der Waals surface area contributed by atoms with Crippen molar-refractivity contribution in [3.8, 4) is 11.5 Å². The van der Waals surface area contributed by atoms with E-state index in [9.17, 15) is 4.39 Å². The fourth-order valence-corrected chi connectivity index (χ4v) is 2.10. The molecule has 0 saturated carbocycles. The van der Waals surface area contributed by atoms with Gasteiger partial charge in [-0.15, -0.1) is 0 Å². The average molecular weight is 310 g/mol. The molecular formula is C16H17ClFNO2. The highest BCUT2D eigenvalue weighted by molar-refractivity contribution is 6.31. The van der Waals surface area contributed by atoms with Gasteiger partial charge in [0, 0.05) is 11.6 Å². The predicted octanol–water partition coefficient (Wildman–Crippen LogP) is 4.09. The number of hydrogen-bond acceptors (Lipinski definition) is 3. The second-order valence-electron chi connectivity index (χ2n) is 4.72. The molecule has 0 saturated heterocycles. The van der Waals surface area contributed by atoms with Crippen LogP contribution in [0, 0.1) is 5.82 Å². The Morgan fingerprint density at radius 3 is 2.57 bits per heavy atom. The average Bonchev–Trinajstić information content (AvgIpc) is 2.46. The summed E-state index contributed by atoms with van der Waals surface area (Å²) >= 11 is 5.97. The van der Waals surface area contributed by atoms with Gasteiger partial charge < -0.3 is 15.2 Å². The van der Waals surface area contributed by atoms with Crippen LogP contribution < -0.4 is 15.2 Å². The van der Waals surface area contributed by atoms with E-state index >= 15 is 0 Å². The van der Waals surface area contributed by atoms with E-state index in [-0.39, 0.29) is 18.5 Å². The molecule has 2 N–H and O–H groups in total. The van der Waals surface area contributed by atoms with Crippen molar-refractivity contribution >= 4 is 11.6 Å². The van der Waals surface area contributed by atoms with Crippen LogP contribution in [0.4, 0.5) is 4.39 Å². The molecule has 1 atom stereocenters. The van der Waals surface area contributed by atoms with Crippen molar-refractivity contribution in [2.45, 2.75) is 19.6 Å². The van der Waals surface area contributed by atoms with Crippen molar-refractivity contribution in [1.29, 1.82) is 0 Å². The van der Waals surface area contributed by atoms with Crippen LogP contribution in [0.25, 0.3) is 0 Å². The Hall–Kier alpha value is -1.78. The van der Waals surface area contributed by atoms with Crippen LogP contribution in [-0.2, 0) is 6.61 Å². The number of benzene rings is 2. The zero-order valence-corrected chi connectivity index (χ0v) is 12.7. The summed E-state index contributed by atoms with van der Waals surface area (Å²) in [7, 11) is 1.57. The van der Waals surface area contributed by atoms with E-state index in [0.29, 0.717) is 22.1 Å². The van der Waals surface area contributed by atoms with Crippen molar-refractivity contribution in [2.24, 2.45) is 5.73 Å². The summed E-state index contributed by atoms with van der Waals surface area (Å²) in [6.07, 6.45) is 0. The lowest BCUT2D eigenvalue weighted by Crippen LogP contribution is -2.06. The van der Waals surface area contributed by atoms with Gasteiger partial charge in [-0.2, -0.15) is 0 Å². The summed E-state index contributed by atoms with van der Waals surface area (Å²) in [6.45, 7) is 2.13. The van der Waals surface area contributed by atoms with Crippen LogP contribution in [0.5, 0.6) is 11.5 Å². The molecule has 0 bridgehead atoms. The normalized spacial score (nSPS) is 12.0. The first kappa shape index (κ1) is 15.6. The zero-order chi connectivity index (χ0) is 15.4. The quantitative estimate of drug-likeness (QED) is 0.905. The highest BCUT2D eigenvalue weighted by Gasteiger charge is 2.09. The highest BCUT2D eigenvalue weighted by Crippen LogP contribution is 2.31. The Morgan fingerprint density at radius 1 is 1.19 bits per heavy atom. The number of halogens is 2. The monoisotopic (exact) mass is 309 g/mol. The molecular weight excluding hydrogens is 293 g/mol. The van der Waals surface area contributed by atoms with Gasteiger partial charge in [0.05, 0.1) is 12.1 Å². The molecule has 0 spiro atoms. The van der Waals surface area contributed by atoms with Crippen LogP contribution in [0.2, 0.25) is 5.02 Å².